The van der Waals surface area contributed by atoms with Crippen molar-refractivity contribution < 1.29 is 4.42 Å². The van der Waals surface area contributed by atoms with E-state index in [4.69, 9.17) is 14.8 Å². The summed E-state index contributed by atoms with van der Waals surface area (Å²) in [6.07, 6.45) is 3.55. The predicted octanol–water partition coefficient (Wildman–Crippen LogP) is 10.1. The van der Waals surface area contributed by atoms with Crippen molar-refractivity contribution in [3.63, 3.8) is 0 Å². The number of aliphatic imine (C=N–C) groups is 1. The lowest BCUT2D eigenvalue weighted by Gasteiger charge is -2.09. The quantitative estimate of drug-likeness (QED) is 0.196. The highest BCUT2D eigenvalue weighted by atomic mass is 16.3. The molecule has 1 N–H and O–H groups in total. The summed E-state index contributed by atoms with van der Waals surface area (Å²) in [5.74, 6) is 0. The highest BCUT2D eigenvalue weighted by molar-refractivity contribution is 6.21. The first-order valence-electron chi connectivity index (χ1n) is 15.0. The van der Waals surface area contributed by atoms with Gasteiger partial charge in [-0.25, -0.2) is 0 Å². The molecule has 0 spiro atoms. The second-order valence-corrected chi connectivity index (χ2v) is 11.1. The van der Waals surface area contributed by atoms with Crippen LogP contribution in [0.25, 0.3) is 55.1 Å². The fourth-order valence-corrected chi connectivity index (χ4v) is 6.13. The molecule has 5 heteroatoms. The van der Waals surface area contributed by atoms with E-state index >= 15 is 0 Å². The Morgan fingerprint density at radius 2 is 1.41 bits per heavy atom. The van der Waals surface area contributed by atoms with E-state index in [-0.39, 0.29) is 0 Å². The minimum absolute atomic E-state index is 0.341. The Morgan fingerprint density at radius 3 is 2.24 bits per heavy atom. The Hall–Kier alpha value is -6.51. The van der Waals surface area contributed by atoms with Crippen molar-refractivity contribution >= 4 is 61.4 Å². The number of fused-ring (bicyclic) bond motifs is 7. The Kier molecular flexibility index (Phi) is 6.59. The van der Waals surface area contributed by atoms with E-state index in [1.165, 1.54) is 5.39 Å². The van der Waals surface area contributed by atoms with Crippen LogP contribution in [0.1, 0.15) is 22.3 Å². The van der Waals surface area contributed by atoms with Crippen molar-refractivity contribution in [2.24, 2.45) is 4.99 Å². The van der Waals surface area contributed by atoms with Crippen LogP contribution in [0.4, 0.5) is 0 Å². The van der Waals surface area contributed by atoms with Gasteiger partial charge in [-0.1, -0.05) is 97.1 Å². The first kappa shape index (κ1) is 27.1. The summed E-state index contributed by atoms with van der Waals surface area (Å²) in [4.78, 5) is 4.83. The minimum atomic E-state index is 0.341. The number of nitrogens with one attached hydrogen (secondary N) is 1. The van der Waals surface area contributed by atoms with Gasteiger partial charge in [-0.15, -0.1) is 0 Å². The van der Waals surface area contributed by atoms with Crippen molar-refractivity contribution in [1.29, 1.82) is 10.7 Å². The number of nitriles is 1. The third kappa shape index (κ3) is 4.66. The van der Waals surface area contributed by atoms with Crippen LogP contribution in [0.2, 0.25) is 0 Å². The molecular formula is C41H26N4O. The molecule has 2 heterocycles. The van der Waals surface area contributed by atoms with E-state index in [0.29, 0.717) is 17.0 Å². The zero-order chi connectivity index (χ0) is 31.0. The van der Waals surface area contributed by atoms with E-state index in [1.807, 2.05) is 72.8 Å². The number of aromatic nitrogens is 1. The van der Waals surface area contributed by atoms with Gasteiger partial charge in [-0.2, -0.15) is 5.26 Å². The van der Waals surface area contributed by atoms with E-state index < -0.39 is 0 Å². The van der Waals surface area contributed by atoms with E-state index in [9.17, 15) is 5.26 Å². The Morgan fingerprint density at radius 1 is 0.696 bits per heavy atom. The maximum atomic E-state index is 9.49. The summed E-state index contributed by atoms with van der Waals surface area (Å²) >= 11 is 0. The smallest absolute Gasteiger partial charge is 0.160 e. The van der Waals surface area contributed by atoms with Crippen LogP contribution >= 0.6 is 0 Å². The fraction of sp³-hybridized carbons (Fsp3) is 0. The standard InChI is InChI=1S/C41H26N4O/c42-25-28-9-8-12-30(23-28)37(24-36(43)29-10-2-1-3-11-29)44-26-27-17-19-31(20-18-27)45-38-15-6-4-13-32(38)34-21-22-35-33-14-5-7-16-39(33)46-41(35)40(34)45/h1-24,26,43H/b37-24-,43-36?,44-26?. The highest BCUT2D eigenvalue weighted by Crippen LogP contribution is 2.40. The average Bonchev–Trinajstić information content (AvgIpc) is 3.67. The highest BCUT2D eigenvalue weighted by Gasteiger charge is 2.18. The number of para-hydroxylation sites is 2. The van der Waals surface area contributed by atoms with Crippen LogP contribution in [0.5, 0.6) is 0 Å². The lowest BCUT2D eigenvalue weighted by molar-refractivity contribution is 0.671. The lowest BCUT2D eigenvalue weighted by atomic mass is 10.0. The summed E-state index contributed by atoms with van der Waals surface area (Å²) < 4.78 is 8.76. The summed E-state index contributed by atoms with van der Waals surface area (Å²) in [6.45, 7) is 0. The summed E-state index contributed by atoms with van der Waals surface area (Å²) in [5, 5.41) is 22.7. The number of allylic oxidation sites excluding steroid dienone is 1. The number of rotatable bonds is 6. The lowest BCUT2D eigenvalue weighted by Crippen LogP contribution is -1.97. The topological polar surface area (TPSA) is 78.1 Å². The monoisotopic (exact) mass is 590 g/mol. The Balaban J connectivity index is 1.22. The molecule has 0 aliphatic carbocycles. The van der Waals surface area contributed by atoms with E-state index in [0.717, 1.165) is 60.7 Å². The van der Waals surface area contributed by atoms with Crippen molar-refractivity contribution in [3.8, 4) is 11.8 Å². The molecule has 0 aliphatic rings. The molecular weight excluding hydrogens is 564 g/mol. The second kappa shape index (κ2) is 11.2. The molecule has 5 nitrogen and oxygen atoms in total. The number of nitrogens with zero attached hydrogens (tertiary/aromatic N) is 3. The van der Waals surface area contributed by atoms with Crippen molar-refractivity contribution in [1.82, 2.24) is 4.57 Å². The molecule has 0 unspecified atom stereocenters. The molecule has 0 radical (unpaired) electrons. The van der Waals surface area contributed by atoms with Crippen LogP contribution in [-0.4, -0.2) is 16.5 Å². The normalized spacial score (nSPS) is 12.0. The number of benzene rings is 6. The van der Waals surface area contributed by atoms with E-state index in [2.05, 4.69) is 65.2 Å². The van der Waals surface area contributed by atoms with Gasteiger partial charge in [0.25, 0.3) is 0 Å². The van der Waals surface area contributed by atoms with Crippen molar-refractivity contribution in [2.75, 3.05) is 0 Å². The van der Waals surface area contributed by atoms with Crippen molar-refractivity contribution in [3.05, 3.63) is 168 Å². The summed E-state index contributed by atoms with van der Waals surface area (Å²) in [6, 6.07) is 48.3. The van der Waals surface area contributed by atoms with Gasteiger partial charge in [-0.3, -0.25) is 4.99 Å². The van der Waals surface area contributed by atoms with Gasteiger partial charge in [0.05, 0.1) is 34.1 Å². The third-order valence-corrected chi connectivity index (χ3v) is 8.34. The van der Waals surface area contributed by atoms with Gasteiger partial charge in [0.2, 0.25) is 0 Å². The van der Waals surface area contributed by atoms with Gasteiger partial charge >= 0.3 is 0 Å². The molecule has 8 rings (SSSR count). The molecule has 6 aromatic carbocycles. The number of hydrogen-bond donors (Lipinski definition) is 1. The number of furan rings is 1. The van der Waals surface area contributed by atoms with Crippen LogP contribution < -0.4 is 0 Å². The van der Waals surface area contributed by atoms with Crippen LogP contribution in [-0.2, 0) is 0 Å². The van der Waals surface area contributed by atoms with Crippen LogP contribution in [0.15, 0.2) is 155 Å². The maximum absolute atomic E-state index is 9.49. The number of hydrogen-bond acceptors (Lipinski definition) is 4. The molecule has 0 bridgehead atoms. The molecule has 0 amide bonds. The molecule has 0 atom stereocenters. The molecule has 2 aromatic heterocycles. The largest absolute Gasteiger partial charge is 0.454 e. The van der Waals surface area contributed by atoms with Crippen LogP contribution in [0.3, 0.4) is 0 Å². The Labute approximate surface area is 265 Å². The van der Waals surface area contributed by atoms with Crippen molar-refractivity contribution in [2.45, 2.75) is 0 Å². The minimum Gasteiger partial charge on any atom is -0.454 e. The third-order valence-electron chi connectivity index (χ3n) is 8.34. The predicted molar refractivity (Wildman–Crippen MR) is 188 cm³/mol. The first-order valence-corrected chi connectivity index (χ1v) is 15.0. The molecule has 0 saturated heterocycles. The van der Waals surface area contributed by atoms with Gasteiger partial charge in [-0.05, 0) is 59.7 Å². The zero-order valence-corrected chi connectivity index (χ0v) is 24.7. The zero-order valence-electron chi connectivity index (χ0n) is 24.7. The molecule has 46 heavy (non-hydrogen) atoms. The molecule has 0 fully saturated rings. The average molecular weight is 591 g/mol. The van der Waals surface area contributed by atoms with Gasteiger partial charge in [0.1, 0.15) is 5.58 Å². The maximum Gasteiger partial charge on any atom is 0.160 e. The van der Waals surface area contributed by atoms with Gasteiger partial charge < -0.3 is 14.4 Å². The van der Waals surface area contributed by atoms with E-state index in [1.54, 1.807) is 24.4 Å². The molecule has 8 aromatic rings. The molecule has 0 aliphatic heterocycles. The van der Waals surface area contributed by atoms with Gasteiger partial charge in [0.15, 0.2) is 5.58 Å². The molecule has 216 valence electrons. The Bertz CT molecular complexity index is 2540. The van der Waals surface area contributed by atoms with Gasteiger partial charge in [0, 0.05) is 39.0 Å². The summed E-state index contributed by atoms with van der Waals surface area (Å²) in [7, 11) is 0. The summed E-state index contributed by atoms with van der Waals surface area (Å²) in [5.41, 5.74) is 8.86. The fourth-order valence-electron chi connectivity index (χ4n) is 6.13. The second-order valence-electron chi connectivity index (χ2n) is 11.1. The van der Waals surface area contributed by atoms with Crippen LogP contribution in [0, 0.1) is 16.7 Å². The molecule has 0 saturated carbocycles. The first-order chi connectivity index (χ1) is 22.7. The SMILES string of the molecule is N#Cc1cccc(/C(=C/C(=N)c2ccccc2)N=Cc2ccc(-n3c4ccccc4c4ccc5c6ccccc6oc5c43)cc2)c1.